The van der Waals surface area contributed by atoms with Gasteiger partial charge in [0.15, 0.2) is 11.6 Å². The molecule has 1 aliphatic heterocycles. The number of nitrogens with two attached hydrogens (primary N) is 1. The third-order valence-corrected chi connectivity index (χ3v) is 6.04. The molecule has 2 heterocycles. The fourth-order valence-electron chi connectivity index (χ4n) is 5.39. The van der Waals surface area contributed by atoms with E-state index in [0.29, 0.717) is 11.9 Å². The molecule has 1 aliphatic carbocycles. The predicted molar refractivity (Wildman–Crippen MR) is 108 cm³/mol. The maximum atomic E-state index is 13.3. The van der Waals surface area contributed by atoms with Crippen LogP contribution < -0.4 is 16.0 Å². The third-order valence-electron chi connectivity index (χ3n) is 6.04. The molecule has 0 amide bonds. The number of nitrogens with zero attached hydrogens (tertiary/aromatic N) is 3. The van der Waals surface area contributed by atoms with Crippen LogP contribution >= 0.6 is 0 Å². The molecule has 1 aromatic heterocycles. The Morgan fingerprint density at radius 1 is 1.14 bits per heavy atom. The number of anilines is 4. The zero-order valence-corrected chi connectivity index (χ0v) is 16.8. The number of benzene rings is 1. The minimum absolute atomic E-state index is 0.0791. The normalized spacial score (nSPS) is 25.9. The molecule has 156 valence electrons. The van der Waals surface area contributed by atoms with E-state index in [1.54, 1.807) is 6.07 Å². The molecule has 0 spiro atoms. The lowest BCUT2D eigenvalue weighted by Crippen LogP contribution is -2.35. The molecular formula is C21H26F3N5. The highest BCUT2D eigenvalue weighted by atomic mass is 19.4. The van der Waals surface area contributed by atoms with Gasteiger partial charge in [-0.1, -0.05) is 32.9 Å². The van der Waals surface area contributed by atoms with E-state index in [1.807, 2.05) is 0 Å². The molecule has 1 saturated carbocycles. The van der Waals surface area contributed by atoms with Crippen LogP contribution in [0.2, 0.25) is 0 Å². The summed E-state index contributed by atoms with van der Waals surface area (Å²) >= 11 is 0. The van der Waals surface area contributed by atoms with E-state index in [1.165, 1.54) is 18.5 Å². The maximum absolute atomic E-state index is 13.3. The van der Waals surface area contributed by atoms with Crippen LogP contribution in [0, 0.1) is 10.8 Å². The van der Waals surface area contributed by atoms with Gasteiger partial charge in [0.1, 0.15) is 12.0 Å². The number of hydrogen-bond donors (Lipinski definition) is 2. The van der Waals surface area contributed by atoms with Crippen LogP contribution in [0.1, 0.15) is 45.6 Å². The van der Waals surface area contributed by atoms with Gasteiger partial charge in [-0.25, -0.2) is 9.97 Å². The number of halogens is 3. The van der Waals surface area contributed by atoms with E-state index >= 15 is 0 Å². The molecule has 2 aromatic rings. The first-order chi connectivity index (χ1) is 13.5. The van der Waals surface area contributed by atoms with Crippen LogP contribution in [0.3, 0.4) is 0 Å². The predicted octanol–water partition coefficient (Wildman–Crippen LogP) is 5.23. The van der Waals surface area contributed by atoms with Gasteiger partial charge in [0, 0.05) is 12.6 Å². The lowest BCUT2D eigenvalue weighted by atomic mass is 9.65. The summed E-state index contributed by atoms with van der Waals surface area (Å²) in [7, 11) is 0. The van der Waals surface area contributed by atoms with Gasteiger partial charge < -0.3 is 16.0 Å². The summed E-state index contributed by atoms with van der Waals surface area (Å²) in [5.74, 6) is 0.788. The molecule has 0 radical (unpaired) electrons. The Kier molecular flexibility index (Phi) is 4.44. The summed E-state index contributed by atoms with van der Waals surface area (Å²) < 4.78 is 40.0. The molecule has 4 rings (SSSR count). The first-order valence-corrected chi connectivity index (χ1v) is 9.78. The standard InChI is InChI=1S/C21H26F3N5/c1-19(2)8-13-9-20(3,10-19)11-29(13)18-16(25)17(26-12-27-18)28-15-7-5-4-6-14(15)21(22,23)24/h4-7,12-13H,8-11,25H2,1-3H3,(H,26,27,28). The van der Waals surface area contributed by atoms with Gasteiger partial charge in [-0.05, 0) is 42.2 Å². The van der Waals surface area contributed by atoms with Crippen LogP contribution in [-0.2, 0) is 6.18 Å². The van der Waals surface area contributed by atoms with Crippen molar-refractivity contribution in [3.05, 3.63) is 36.2 Å². The van der Waals surface area contributed by atoms with Crippen molar-refractivity contribution in [2.24, 2.45) is 10.8 Å². The molecule has 2 atom stereocenters. The SMILES string of the molecule is CC1(C)CC2CC(C)(CN2c2ncnc(Nc3ccccc3C(F)(F)F)c2N)C1. The highest BCUT2D eigenvalue weighted by Gasteiger charge is 2.50. The van der Waals surface area contributed by atoms with Crippen molar-refractivity contribution in [3.63, 3.8) is 0 Å². The fraction of sp³-hybridized carbons (Fsp3) is 0.524. The number of nitrogens with one attached hydrogen (secondary N) is 1. The van der Waals surface area contributed by atoms with E-state index < -0.39 is 11.7 Å². The van der Waals surface area contributed by atoms with Gasteiger partial charge in [-0.2, -0.15) is 13.2 Å². The molecular weight excluding hydrogens is 379 g/mol. The summed E-state index contributed by atoms with van der Waals surface area (Å²) in [6, 6.07) is 5.62. The molecule has 3 N–H and O–H groups in total. The summed E-state index contributed by atoms with van der Waals surface area (Å²) in [6.45, 7) is 7.69. The second-order valence-corrected chi connectivity index (χ2v) is 9.47. The Hall–Kier alpha value is -2.51. The van der Waals surface area contributed by atoms with Crippen molar-refractivity contribution >= 4 is 23.0 Å². The Morgan fingerprint density at radius 3 is 2.59 bits per heavy atom. The second-order valence-electron chi connectivity index (χ2n) is 9.47. The number of hydrogen-bond acceptors (Lipinski definition) is 5. The van der Waals surface area contributed by atoms with E-state index in [4.69, 9.17) is 5.73 Å². The smallest absolute Gasteiger partial charge is 0.393 e. The molecule has 2 aliphatic rings. The largest absolute Gasteiger partial charge is 0.418 e. The highest BCUT2D eigenvalue weighted by molar-refractivity contribution is 5.79. The molecule has 1 aromatic carbocycles. The third kappa shape index (κ3) is 3.72. The van der Waals surface area contributed by atoms with E-state index in [-0.39, 0.29) is 28.0 Å². The van der Waals surface area contributed by atoms with Gasteiger partial charge in [0.2, 0.25) is 0 Å². The number of aromatic nitrogens is 2. The Bertz CT molecular complexity index is 927. The lowest BCUT2D eigenvalue weighted by molar-refractivity contribution is -0.136. The summed E-state index contributed by atoms with van der Waals surface area (Å²) in [5, 5.41) is 2.77. The average molecular weight is 405 g/mol. The van der Waals surface area contributed by atoms with Crippen LogP contribution in [0.25, 0.3) is 0 Å². The van der Waals surface area contributed by atoms with Crippen molar-refractivity contribution in [2.75, 3.05) is 22.5 Å². The Balaban J connectivity index is 1.67. The number of para-hydroxylation sites is 1. The van der Waals surface area contributed by atoms with E-state index in [2.05, 4.69) is 41.0 Å². The number of nitrogen functional groups attached to an aromatic ring is 1. The monoisotopic (exact) mass is 405 g/mol. The Morgan fingerprint density at radius 2 is 1.86 bits per heavy atom. The van der Waals surface area contributed by atoms with Gasteiger partial charge in [0.25, 0.3) is 0 Å². The van der Waals surface area contributed by atoms with Gasteiger partial charge in [-0.3, -0.25) is 0 Å². The Labute approximate surface area is 168 Å². The molecule has 1 saturated heterocycles. The second kappa shape index (κ2) is 6.50. The van der Waals surface area contributed by atoms with Crippen LogP contribution in [0.15, 0.2) is 30.6 Å². The van der Waals surface area contributed by atoms with Crippen molar-refractivity contribution in [2.45, 2.75) is 52.3 Å². The number of alkyl halides is 3. The van der Waals surface area contributed by atoms with E-state index in [0.717, 1.165) is 31.9 Å². The summed E-state index contributed by atoms with van der Waals surface area (Å²) in [5.41, 5.74) is 6.21. The fourth-order valence-corrected chi connectivity index (χ4v) is 5.39. The zero-order chi connectivity index (χ0) is 21.0. The maximum Gasteiger partial charge on any atom is 0.418 e. The van der Waals surface area contributed by atoms with Gasteiger partial charge in [0.05, 0.1) is 11.3 Å². The van der Waals surface area contributed by atoms with E-state index in [9.17, 15) is 13.2 Å². The number of fused-ring (bicyclic) bond motifs is 2. The highest BCUT2D eigenvalue weighted by Crippen LogP contribution is 2.54. The van der Waals surface area contributed by atoms with Gasteiger partial charge in [-0.15, -0.1) is 0 Å². The van der Waals surface area contributed by atoms with Crippen molar-refractivity contribution < 1.29 is 13.2 Å². The van der Waals surface area contributed by atoms with Crippen molar-refractivity contribution in [1.29, 1.82) is 0 Å². The van der Waals surface area contributed by atoms with Crippen LogP contribution in [0.4, 0.5) is 36.2 Å². The van der Waals surface area contributed by atoms with Gasteiger partial charge >= 0.3 is 6.18 Å². The minimum atomic E-state index is -4.47. The molecule has 29 heavy (non-hydrogen) atoms. The summed E-state index contributed by atoms with van der Waals surface area (Å²) in [6.07, 6.45) is 0.119. The van der Waals surface area contributed by atoms with Crippen LogP contribution in [-0.4, -0.2) is 22.6 Å². The molecule has 5 nitrogen and oxygen atoms in total. The average Bonchev–Trinajstić information content (AvgIpc) is 2.85. The number of rotatable bonds is 3. The first kappa shape index (κ1) is 19.8. The molecule has 8 heteroatoms. The molecule has 2 bridgehead atoms. The van der Waals surface area contributed by atoms with Crippen molar-refractivity contribution in [1.82, 2.24) is 9.97 Å². The quantitative estimate of drug-likeness (QED) is 0.732. The minimum Gasteiger partial charge on any atom is -0.393 e. The topological polar surface area (TPSA) is 67.1 Å². The first-order valence-electron chi connectivity index (χ1n) is 9.78. The van der Waals surface area contributed by atoms with Crippen molar-refractivity contribution in [3.8, 4) is 0 Å². The summed E-state index contributed by atoms with van der Waals surface area (Å²) in [4.78, 5) is 10.7. The lowest BCUT2D eigenvalue weighted by Gasteiger charge is -2.39. The van der Waals surface area contributed by atoms with Crippen LogP contribution in [0.5, 0.6) is 0 Å². The molecule has 2 fully saturated rings. The molecule has 2 unspecified atom stereocenters. The zero-order valence-electron chi connectivity index (χ0n) is 16.8.